The summed E-state index contributed by atoms with van der Waals surface area (Å²) in [6.45, 7) is 1.09. The van der Waals surface area contributed by atoms with Crippen LogP contribution >= 0.6 is 0 Å². The topological polar surface area (TPSA) is 79.4 Å². The Hall–Kier alpha value is -1.99. The normalized spacial score (nSPS) is 18.7. The number of likely N-dealkylation sites (tertiary alicyclic amines) is 1. The minimum atomic E-state index is -3.26. The SMILES string of the molecule is CS(=O)(=O)N[C@@H]1CCCN(C(=O)Cc2cccc3cccnc23)C1. The second-order valence-electron chi connectivity index (χ2n) is 6.24. The van der Waals surface area contributed by atoms with Crippen LogP contribution in [0.1, 0.15) is 18.4 Å². The van der Waals surface area contributed by atoms with Crippen LogP contribution in [-0.4, -0.2) is 49.6 Å². The number of sulfonamides is 1. The maximum atomic E-state index is 12.6. The lowest BCUT2D eigenvalue weighted by Gasteiger charge is -2.33. The van der Waals surface area contributed by atoms with Gasteiger partial charge in [-0.05, 0) is 24.5 Å². The Morgan fingerprint density at radius 3 is 2.92 bits per heavy atom. The Balaban J connectivity index is 1.72. The number of nitrogens with one attached hydrogen (secondary N) is 1. The fraction of sp³-hybridized carbons (Fsp3) is 0.412. The molecule has 1 saturated heterocycles. The van der Waals surface area contributed by atoms with Gasteiger partial charge in [0.15, 0.2) is 0 Å². The van der Waals surface area contributed by atoms with Gasteiger partial charge in [-0.3, -0.25) is 9.78 Å². The van der Waals surface area contributed by atoms with Crippen LogP contribution in [0.15, 0.2) is 36.5 Å². The van der Waals surface area contributed by atoms with Crippen molar-refractivity contribution in [2.24, 2.45) is 0 Å². The molecule has 0 saturated carbocycles. The molecule has 2 heterocycles. The van der Waals surface area contributed by atoms with Crippen molar-refractivity contribution in [3.63, 3.8) is 0 Å². The minimum Gasteiger partial charge on any atom is -0.341 e. The molecule has 0 spiro atoms. The number of nitrogens with zero attached hydrogens (tertiary/aromatic N) is 2. The zero-order chi connectivity index (χ0) is 17.2. The first-order chi connectivity index (χ1) is 11.4. The van der Waals surface area contributed by atoms with Crippen LogP contribution in [0, 0.1) is 0 Å². The monoisotopic (exact) mass is 347 g/mol. The number of carbonyl (C=O) groups excluding carboxylic acids is 1. The largest absolute Gasteiger partial charge is 0.341 e. The maximum Gasteiger partial charge on any atom is 0.227 e. The standard InChI is InChI=1S/C17H21N3O3S/c1-24(22,23)19-15-8-4-10-20(12-15)16(21)11-14-6-2-5-13-7-3-9-18-17(13)14/h2-3,5-7,9,15,19H,4,8,10-12H2,1H3/t15-/m1/s1. The van der Waals surface area contributed by atoms with E-state index < -0.39 is 10.0 Å². The van der Waals surface area contributed by atoms with Gasteiger partial charge in [0.2, 0.25) is 15.9 Å². The molecule has 1 aliphatic heterocycles. The van der Waals surface area contributed by atoms with Gasteiger partial charge < -0.3 is 4.90 Å². The summed E-state index contributed by atoms with van der Waals surface area (Å²) in [7, 11) is -3.26. The summed E-state index contributed by atoms with van der Waals surface area (Å²) in [5.41, 5.74) is 1.74. The number of hydrogen-bond acceptors (Lipinski definition) is 4. The lowest BCUT2D eigenvalue weighted by Crippen LogP contribution is -2.49. The van der Waals surface area contributed by atoms with Gasteiger partial charge >= 0.3 is 0 Å². The molecule has 6 nitrogen and oxygen atoms in total. The van der Waals surface area contributed by atoms with Gasteiger partial charge in [-0.25, -0.2) is 13.1 Å². The molecule has 1 aromatic carbocycles. The van der Waals surface area contributed by atoms with E-state index in [-0.39, 0.29) is 18.4 Å². The number of amides is 1. The van der Waals surface area contributed by atoms with Crippen LogP contribution in [0.2, 0.25) is 0 Å². The zero-order valence-corrected chi connectivity index (χ0v) is 14.4. The molecule has 7 heteroatoms. The zero-order valence-electron chi connectivity index (χ0n) is 13.6. The number of aromatic nitrogens is 1. The molecule has 128 valence electrons. The van der Waals surface area contributed by atoms with Crippen molar-refractivity contribution in [2.45, 2.75) is 25.3 Å². The first-order valence-corrected chi connectivity index (χ1v) is 9.89. The molecule has 0 radical (unpaired) electrons. The van der Waals surface area contributed by atoms with E-state index in [9.17, 15) is 13.2 Å². The molecular weight excluding hydrogens is 326 g/mol. The van der Waals surface area contributed by atoms with Crippen molar-refractivity contribution >= 4 is 26.8 Å². The average molecular weight is 347 g/mol. The number of carbonyl (C=O) groups is 1. The maximum absolute atomic E-state index is 12.6. The fourth-order valence-electron chi connectivity index (χ4n) is 3.19. The van der Waals surface area contributed by atoms with Crippen molar-refractivity contribution in [2.75, 3.05) is 19.3 Å². The van der Waals surface area contributed by atoms with Crippen molar-refractivity contribution in [3.8, 4) is 0 Å². The van der Waals surface area contributed by atoms with Crippen molar-refractivity contribution in [1.82, 2.24) is 14.6 Å². The Morgan fingerprint density at radius 1 is 1.33 bits per heavy atom. The van der Waals surface area contributed by atoms with Gasteiger partial charge in [0, 0.05) is 30.7 Å². The van der Waals surface area contributed by atoms with Gasteiger partial charge in [0.25, 0.3) is 0 Å². The van der Waals surface area contributed by atoms with Crippen LogP contribution in [0.3, 0.4) is 0 Å². The molecule has 0 unspecified atom stereocenters. The molecule has 24 heavy (non-hydrogen) atoms. The van der Waals surface area contributed by atoms with Crippen LogP contribution in [0.25, 0.3) is 10.9 Å². The van der Waals surface area contributed by atoms with Gasteiger partial charge in [0.05, 0.1) is 18.2 Å². The molecular formula is C17H21N3O3S. The van der Waals surface area contributed by atoms with Crippen molar-refractivity contribution < 1.29 is 13.2 Å². The van der Waals surface area contributed by atoms with Crippen LogP contribution in [0.4, 0.5) is 0 Å². The second kappa shape index (κ2) is 6.86. The fourth-order valence-corrected chi connectivity index (χ4v) is 3.99. The molecule has 1 aromatic heterocycles. The summed E-state index contributed by atoms with van der Waals surface area (Å²) >= 11 is 0. The summed E-state index contributed by atoms with van der Waals surface area (Å²) in [5, 5.41) is 1.01. The number of piperidine rings is 1. The van der Waals surface area contributed by atoms with Gasteiger partial charge in [-0.15, -0.1) is 0 Å². The molecule has 0 aliphatic carbocycles. The molecule has 2 aromatic rings. The highest BCUT2D eigenvalue weighted by Crippen LogP contribution is 2.18. The van der Waals surface area contributed by atoms with E-state index in [1.165, 1.54) is 0 Å². The van der Waals surface area contributed by atoms with Gasteiger partial charge in [-0.2, -0.15) is 0 Å². The van der Waals surface area contributed by atoms with Crippen LogP contribution in [-0.2, 0) is 21.2 Å². The molecule has 1 atom stereocenters. The molecule has 1 fully saturated rings. The Kier molecular flexibility index (Phi) is 4.82. The Bertz CT molecular complexity index is 846. The quantitative estimate of drug-likeness (QED) is 0.905. The predicted octanol–water partition coefficient (Wildman–Crippen LogP) is 1.32. The summed E-state index contributed by atoms with van der Waals surface area (Å²) in [5.74, 6) is 0.00755. The molecule has 0 bridgehead atoms. The van der Waals surface area contributed by atoms with Crippen LogP contribution < -0.4 is 4.72 Å². The van der Waals surface area contributed by atoms with Gasteiger partial charge in [0.1, 0.15) is 0 Å². The van der Waals surface area contributed by atoms with Crippen molar-refractivity contribution in [1.29, 1.82) is 0 Å². The van der Waals surface area contributed by atoms with E-state index in [1.54, 1.807) is 11.1 Å². The molecule has 1 N–H and O–H groups in total. The summed E-state index contributed by atoms with van der Waals surface area (Å²) in [6.07, 6.45) is 4.71. The van der Waals surface area contributed by atoms with Gasteiger partial charge in [-0.1, -0.05) is 24.3 Å². The highest BCUT2D eigenvalue weighted by Gasteiger charge is 2.25. The highest BCUT2D eigenvalue weighted by molar-refractivity contribution is 7.88. The minimum absolute atomic E-state index is 0.00755. The van der Waals surface area contributed by atoms with Crippen molar-refractivity contribution in [3.05, 3.63) is 42.1 Å². The summed E-state index contributed by atoms with van der Waals surface area (Å²) in [4.78, 5) is 18.8. The molecule has 3 rings (SSSR count). The van der Waals surface area contributed by atoms with E-state index in [4.69, 9.17) is 0 Å². The number of para-hydroxylation sites is 1. The second-order valence-corrected chi connectivity index (χ2v) is 8.02. The lowest BCUT2D eigenvalue weighted by atomic mass is 10.0. The highest BCUT2D eigenvalue weighted by atomic mass is 32.2. The first-order valence-electron chi connectivity index (χ1n) is 8.00. The third-order valence-corrected chi connectivity index (χ3v) is 4.97. The first kappa shape index (κ1) is 16.9. The predicted molar refractivity (Wildman–Crippen MR) is 93.0 cm³/mol. The molecule has 1 amide bonds. The summed E-state index contributed by atoms with van der Waals surface area (Å²) in [6, 6.07) is 9.47. The third kappa shape index (κ3) is 4.10. The lowest BCUT2D eigenvalue weighted by molar-refractivity contribution is -0.131. The third-order valence-electron chi connectivity index (χ3n) is 4.21. The van der Waals surface area contributed by atoms with E-state index >= 15 is 0 Å². The number of benzene rings is 1. The Morgan fingerprint density at radius 2 is 2.12 bits per heavy atom. The average Bonchev–Trinajstić information content (AvgIpc) is 2.54. The summed E-state index contributed by atoms with van der Waals surface area (Å²) < 4.78 is 25.4. The number of pyridine rings is 1. The number of hydrogen-bond donors (Lipinski definition) is 1. The van der Waals surface area contributed by atoms with E-state index in [0.29, 0.717) is 13.1 Å². The molecule has 1 aliphatic rings. The number of rotatable bonds is 4. The van der Waals surface area contributed by atoms with E-state index in [1.807, 2.05) is 30.3 Å². The number of fused-ring (bicyclic) bond motifs is 1. The van der Waals surface area contributed by atoms with Crippen LogP contribution in [0.5, 0.6) is 0 Å². The smallest absolute Gasteiger partial charge is 0.227 e. The Labute approximate surface area is 141 Å². The van der Waals surface area contributed by atoms with E-state index in [2.05, 4.69) is 9.71 Å². The van der Waals surface area contributed by atoms with E-state index in [0.717, 1.165) is 35.6 Å².